The molecule has 2 N–H and O–H groups in total. The van der Waals surface area contributed by atoms with Gasteiger partial charge in [0.25, 0.3) is 0 Å². The molecule has 0 heterocycles. The molecule has 2 unspecified atom stereocenters. The molecule has 194 valence electrons. The van der Waals surface area contributed by atoms with Gasteiger partial charge in [-0.3, -0.25) is 4.79 Å². The molecule has 0 fully saturated rings. The summed E-state index contributed by atoms with van der Waals surface area (Å²) in [6.45, 7) is 11.1. The van der Waals surface area contributed by atoms with Crippen LogP contribution in [0.5, 0.6) is 0 Å². The Labute approximate surface area is 231 Å². The number of carboxylic acids is 1. The normalized spacial score (nSPS) is 13.7. The van der Waals surface area contributed by atoms with E-state index in [9.17, 15) is 19.8 Å². The minimum absolute atomic E-state index is 0. The maximum absolute atomic E-state index is 12.2. The molecule has 0 aliphatic rings. The van der Waals surface area contributed by atoms with E-state index in [2.05, 4.69) is 38.0 Å². The van der Waals surface area contributed by atoms with Gasteiger partial charge in [0.05, 0.1) is 0 Å². The topological polar surface area (TPSA) is 102 Å². The molecule has 0 bridgehead atoms. The zero-order chi connectivity index (χ0) is 25.1. The van der Waals surface area contributed by atoms with E-state index >= 15 is 0 Å². The van der Waals surface area contributed by atoms with E-state index in [4.69, 9.17) is 0 Å². The SMILES string of the molecule is CCCCCCCCCCCC([O-])=NCCCCC(NC(=O)CC(C)CC(C)(C)C)C(=O)O.[Na+]. The summed E-state index contributed by atoms with van der Waals surface area (Å²) in [5.41, 5.74) is 0.140. The maximum atomic E-state index is 12.2. The molecular formula is C27H51N2NaO4. The van der Waals surface area contributed by atoms with Gasteiger partial charge in [0.2, 0.25) is 5.91 Å². The standard InChI is InChI=1S/C27H52N2O4.Na/c1-6-7-8-9-10-11-12-13-14-18-24(30)28-19-16-15-17-23(26(32)33)29-25(31)20-22(2)21-27(3,4)5;/h22-23H,6-21H2,1-5H3,(H,28,30)(H,29,31)(H,32,33);/q;+1/p-1. The number of unbranched alkanes of at least 4 members (excludes halogenated alkanes) is 9. The van der Waals surface area contributed by atoms with Crippen molar-refractivity contribution in [2.45, 2.75) is 137 Å². The predicted molar refractivity (Wildman–Crippen MR) is 135 cm³/mol. The van der Waals surface area contributed by atoms with Crippen LogP contribution in [-0.2, 0) is 9.59 Å². The molecule has 6 nitrogen and oxygen atoms in total. The van der Waals surface area contributed by atoms with E-state index in [0.29, 0.717) is 38.6 Å². The van der Waals surface area contributed by atoms with Crippen molar-refractivity contribution in [1.29, 1.82) is 0 Å². The average Bonchev–Trinajstić information content (AvgIpc) is 2.69. The van der Waals surface area contributed by atoms with Crippen LogP contribution < -0.4 is 40.0 Å². The summed E-state index contributed by atoms with van der Waals surface area (Å²) in [5, 5.41) is 23.9. The number of amides is 1. The molecule has 34 heavy (non-hydrogen) atoms. The van der Waals surface area contributed by atoms with Crippen LogP contribution in [0.2, 0.25) is 0 Å². The van der Waals surface area contributed by atoms with E-state index in [1.165, 1.54) is 44.9 Å². The molecule has 7 heteroatoms. The number of carboxylic acid groups (broad SMARTS) is 1. The third-order valence-electron chi connectivity index (χ3n) is 5.81. The van der Waals surface area contributed by atoms with Crippen LogP contribution >= 0.6 is 0 Å². The monoisotopic (exact) mass is 490 g/mol. The third kappa shape index (κ3) is 23.2. The van der Waals surface area contributed by atoms with Crippen molar-refractivity contribution >= 4 is 17.8 Å². The third-order valence-corrected chi connectivity index (χ3v) is 5.81. The van der Waals surface area contributed by atoms with Gasteiger partial charge in [-0.15, -0.1) is 0 Å². The Bertz CT molecular complexity index is 561. The Hall–Kier alpha value is -0.590. The van der Waals surface area contributed by atoms with Crippen LogP contribution in [0.1, 0.15) is 131 Å². The second-order valence-electron chi connectivity index (χ2n) is 10.9. The number of hydrogen-bond acceptors (Lipinski definition) is 4. The first kappa shape index (κ1) is 35.6. The zero-order valence-corrected chi connectivity index (χ0v) is 25.1. The molecule has 0 aromatic carbocycles. The number of rotatable bonds is 20. The van der Waals surface area contributed by atoms with Gasteiger partial charge in [0.1, 0.15) is 6.04 Å². The summed E-state index contributed by atoms with van der Waals surface area (Å²) in [4.78, 5) is 27.8. The number of hydrogen-bond donors (Lipinski definition) is 2. The molecule has 2 atom stereocenters. The van der Waals surface area contributed by atoms with Gasteiger partial charge in [0, 0.05) is 13.0 Å². The van der Waals surface area contributed by atoms with Gasteiger partial charge < -0.3 is 20.5 Å². The Morgan fingerprint density at radius 3 is 2.03 bits per heavy atom. The quantitative estimate of drug-likeness (QED) is 0.119. The second kappa shape index (κ2) is 21.7. The summed E-state index contributed by atoms with van der Waals surface area (Å²) in [6.07, 6.45) is 14.4. The molecule has 1 amide bonds. The number of aliphatic carboxylic acids is 1. The first-order chi connectivity index (χ1) is 15.5. The molecule has 0 aliphatic heterocycles. The minimum Gasteiger partial charge on any atom is -0.862 e. The average molecular weight is 491 g/mol. The maximum Gasteiger partial charge on any atom is 1.00 e. The van der Waals surface area contributed by atoms with Gasteiger partial charge in [-0.25, -0.2) is 4.79 Å². The number of aliphatic imine (C=N–C) groups is 1. The van der Waals surface area contributed by atoms with Crippen LogP contribution in [0.4, 0.5) is 0 Å². The Kier molecular flexibility index (Phi) is 22.7. The van der Waals surface area contributed by atoms with Crippen molar-refractivity contribution in [3.05, 3.63) is 0 Å². The summed E-state index contributed by atoms with van der Waals surface area (Å²) in [6, 6.07) is -0.878. The van der Waals surface area contributed by atoms with E-state index in [1.807, 2.05) is 6.92 Å². The van der Waals surface area contributed by atoms with E-state index in [1.54, 1.807) is 0 Å². The number of nitrogens with one attached hydrogen (secondary N) is 1. The van der Waals surface area contributed by atoms with Crippen molar-refractivity contribution < 1.29 is 49.4 Å². The number of nitrogens with zero attached hydrogens (tertiary/aromatic N) is 1. The number of carbonyl (C=O) groups is 2. The van der Waals surface area contributed by atoms with Crippen molar-refractivity contribution in [1.82, 2.24) is 5.32 Å². The number of carbonyl (C=O) groups excluding carboxylic acids is 1. The molecule has 0 aromatic rings. The molecule has 0 saturated carbocycles. The molecule has 0 radical (unpaired) electrons. The molecule has 0 rings (SSSR count). The van der Waals surface area contributed by atoms with Crippen molar-refractivity contribution in [2.24, 2.45) is 16.3 Å². The van der Waals surface area contributed by atoms with Gasteiger partial charge >= 0.3 is 35.5 Å². The van der Waals surface area contributed by atoms with Crippen LogP contribution in [-0.4, -0.2) is 35.5 Å². The van der Waals surface area contributed by atoms with Crippen LogP contribution in [0.3, 0.4) is 0 Å². The summed E-state index contributed by atoms with van der Waals surface area (Å²) in [5.74, 6) is -1.06. The fourth-order valence-corrected chi connectivity index (χ4v) is 4.27. The Morgan fingerprint density at radius 1 is 0.941 bits per heavy atom. The van der Waals surface area contributed by atoms with E-state index in [0.717, 1.165) is 19.3 Å². The van der Waals surface area contributed by atoms with Crippen molar-refractivity contribution in [3.63, 3.8) is 0 Å². The Morgan fingerprint density at radius 2 is 1.50 bits per heavy atom. The van der Waals surface area contributed by atoms with Crippen LogP contribution in [0, 0.1) is 11.3 Å². The smallest absolute Gasteiger partial charge is 0.862 e. The Balaban J connectivity index is 0. The first-order valence-corrected chi connectivity index (χ1v) is 13.3. The van der Waals surface area contributed by atoms with Gasteiger partial charge in [0.15, 0.2) is 0 Å². The van der Waals surface area contributed by atoms with Crippen molar-refractivity contribution in [3.8, 4) is 0 Å². The van der Waals surface area contributed by atoms with Crippen LogP contribution in [0.25, 0.3) is 0 Å². The second-order valence-corrected chi connectivity index (χ2v) is 10.9. The molecule has 0 saturated heterocycles. The van der Waals surface area contributed by atoms with Gasteiger partial charge in [-0.05, 0) is 55.8 Å². The van der Waals surface area contributed by atoms with Crippen molar-refractivity contribution in [2.75, 3.05) is 6.54 Å². The molecule has 0 aromatic heterocycles. The van der Waals surface area contributed by atoms with Gasteiger partial charge in [-0.2, -0.15) is 0 Å². The fraction of sp³-hybridized carbons (Fsp3) is 0.889. The summed E-state index contributed by atoms with van der Waals surface area (Å²) in [7, 11) is 0. The molecule has 0 spiro atoms. The minimum atomic E-state index is -1.01. The van der Waals surface area contributed by atoms with E-state index in [-0.39, 0.29) is 52.7 Å². The first-order valence-electron chi connectivity index (χ1n) is 13.3. The zero-order valence-electron chi connectivity index (χ0n) is 23.1. The van der Waals surface area contributed by atoms with E-state index < -0.39 is 12.0 Å². The molecular weight excluding hydrogens is 439 g/mol. The summed E-state index contributed by atoms with van der Waals surface area (Å²) < 4.78 is 0. The summed E-state index contributed by atoms with van der Waals surface area (Å²) >= 11 is 0. The molecule has 0 aliphatic carbocycles. The van der Waals surface area contributed by atoms with Crippen LogP contribution in [0.15, 0.2) is 4.99 Å². The fourth-order valence-electron chi connectivity index (χ4n) is 4.27. The predicted octanol–water partition coefficient (Wildman–Crippen LogP) is 2.87. The largest absolute Gasteiger partial charge is 1.00 e. The van der Waals surface area contributed by atoms with Gasteiger partial charge in [-0.1, -0.05) is 86.0 Å².